The molecule has 1 aliphatic carbocycles. The molecule has 1 aromatic heterocycles. The quantitative estimate of drug-likeness (QED) is 0.896. The predicted octanol–water partition coefficient (Wildman–Crippen LogP) is 2.71. The first-order valence-electron chi connectivity index (χ1n) is 7.64. The second-order valence-corrected chi connectivity index (χ2v) is 6.37. The minimum Gasteiger partial charge on any atom is -0.336 e. The molecular formula is C16H26N4O. The topological polar surface area (TPSA) is 57.3 Å². The van der Waals surface area contributed by atoms with Crippen LogP contribution in [0.25, 0.3) is 0 Å². The molecule has 5 nitrogen and oxygen atoms in total. The van der Waals surface area contributed by atoms with Crippen molar-refractivity contribution in [1.29, 1.82) is 0 Å². The highest BCUT2D eigenvalue weighted by Gasteiger charge is 2.37. The van der Waals surface area contributed by atoms with Crippen LogP contribution in [-0.4, -0.2) is 42.1 Å². The molecule has 1 fully saturated rings. The highest BCUT2D eigenvalue weighted by atomic mass is 16.2. The number of carbonyl (C=O) groups is 1. The van der Waals surface area contributed by atoms with Gasteiger partial charge in [-0.3, -0.25) is 4.98 Å². The van der Waals surface area contributed by atoms with Crippen molar-refractivity contribution in [3.63, 3.8) is 0 Å². The van der Waals surface area contributed by atoms with Gasteiger partial charge in [-0.25, -0.2) is 4.79 Å². The Hall–Kier alpha value is -1.62. The molecule has 1 aromatic rings. The summed E-state index contributed by atoms with van der Waals surface area (Å²) < 4.78 is 0. The van der Waals surface area contributed by atoms with Crippen LogP contribution in [-0.2, 0) is 0 Å². The van der Waals surface area contributed by atoms with Crippen LogP contribution >= 0.6 is 0 Å². The second kappa shape index (κ2) is 6.89. The largest absolute Gasteiger partial charge is 0.336 e. The molecule has 2 N–H and O–H groups in total. The van der Waals surface area contributed by atoms with Gasteiger partial charge in [0.05, 0.1) is 11.9 Å². The summed E-state index contributed by atoms with van der Waals surface area (Å²) in [7, 11) is 4.22. The number of anilines is 1. The Labute approximate surface area is 127 Å². The molecule has 1 heterocycles. The van der Waals surface area contributed by atoms with Crippen molar-refractivity contribution in [1.82, 2.24) is 15.2 Å². The van der Waals surface area contributed by atoms with Crippen molar-refractivity contribution in [2.75, 3.05) is 26.0 Å². The maximum absolute atomic E-state index is 12.0. The van der Waals surface area contributed by atoms with E-state index in [1.165, 1.54) is 12.8 Å². The van der Waals surface area contributed by atoms with Crippen molar-refractivity contribution >= 4 is 11.7 Å². The molecule has 0 aromatic carbocycles. The van der Waals surface area contributed by atoms with Gasteiger partial charge in [0.2, 0.25) is 0 Å². The molecule has 1 saturated carbocycles. The second-order valence-electron chi connectivity index (χ2n) is 6.37. The number of amides is 2. The first kappa shape index (κ1) is 15.8. The Morgan fingerprint density at radius 2 is 2.33 bits per heavy atom. The van der Waals surface area contributed by atoms with E-state index in [1.54, 1.807) is 18.5 Å². The van der Waals surface area contributed by atoms with Crippen LogP contribution in [0.15, 0.2) is 24.5 Å². The third kappa shape index (κ3) is 4.17. The van der Waals surface area contributed by atoms with Crippen molar-refractivity contribution in [2.24, 2.45) is 5.92 Å². The van der Waals surface area contributed by atoms with E-state index in [0.29, 0.717) is 18.2 Å². The highest BCUT2D eigenvalue weighted by molar-refractivity contribution is 5.89. The van der Waals surface area contributed by atoms with E-state index in [1.807, 2.05) is 6.07 Å². The number of hydrogen-bond donors (Lipinski definition) is 2. The molecule has 0 spiro atoms. The number of nitrogens with one attached hydrogen (secondary N) is 2. The molecule has 0 saturated heterocycles. The number of hydrogen-bond acceptors (Lipinski definition) is 3. The van der Waals surface area contributed by atoms with E-state index in [2.05, 4.69) is 41.5 Å². The van der Waals surface area contributed by atoms with E-state index >= 15 is 0 Å². The molecular weight excluding hydrogens is 264 g/mol. The van der Waals surface area contributed by atoms with Crippen LogP contribution in [0.4, 0.5) is 10.5 Å². The zero-order valence-electron chi connectivity index (χ0n) is 13.2. The average molecular weight is 290 g/mol. The molecule has 2 rings (SSSR count). The summed E-state index contributed by atoms with van der Waals surface area (Å²) in [5.74, 6) is 0.712. The van der Waals surface area contributed by atoms with Gasteiger partial charge >= 0.3 is 6.03 Å². The number of aromatic nitrogens is 1. The molecule has 1 aliphatic rings. The van der Waals surface area contributed by atoms with E-state index in [0.717, 1.165) is 12.8 Å². The van der Waals surface area contributed by atoms with Crippen molar-refractivity contribution in [3.05, 3.63) is 24.5 Å². The number of pyridine rings is 1. The van der Waals surface area contributed by atoms with Gasteiger partial charge in [0, 0.05) is 18.3 Å². The number of carbonyl (C=O) groups excluding carboxylic acids is 1. The van der Waals surface area contributed by atoms with Gasteiger partial charge in [-0.1, -0.05) is 19.8 Å². The lowest BCUT2D eigenvalue weighted by Crippen LogP contribution is -2.55. The first-order valence-corrected chi connectivity index (χ1v) is 7.64. The van der Waals surface area contributed by atoms with Gasteiger partial charge in [-0.05, 0) is 45.0 Å². The lowest BCUT2D eigenvalue weighted by Gasteiger charge is -2.45. The van der Waals surface area contributed by atoms with E-state index in [-0.39, 0.29) is 11.6 Å². The third-order valence-electron chi connectivity index (χ3n) is 4.51. The Kier molecular flexibility index (Phi) is 5.17. The fourth-order valence-electron chi connectivity index (χ4n) is 3.21. The number of nitrogens with zero attached hydrogens (tertiary/aromatic N) is 2. The Balaban J connectivity index is 1.91. The van der Waals surface area contributed by atoms with Gasteiger partial charge in [0.1, 0.15) is 0 Å². The lowest BCUT2D eigenvalue weighted by molar-refractivity contribution is 0.0779. The van der Waals surface area contributed by atoms with Crippen LogP contribution in [0.2, 0.25) is 0 Å². The molecule has 5 heteroatoms. The first-order chi connectivity index (χ1) is 10.0. The average Bonchev–Trinajstić information content (AvgIpc) is 2.46. The molecule has 0 bridgehead atoms. The fraction of sp³-hybridized carbons (Fsp3) is 0.625. The van der Waals surface area contributed by atoms with Crippen molar-refractivity contribution in [2.45, 2.75) is 38.1 Å². The molecule has 0 aliphatic heterocycles. The van der Waals surface area contributed by atoms with Gasteiger partial charge in [-0.15, -0.1) is 0 Å². The van der Waals surface area contributed by atoms with Gasteiger partial charge in [-0.2, -0.15) is 0 Å². The summed E-state index contributed by atoms with van der Waals surface area (Å²) in [5, 5.41) is 5.84. The standard InChI is InChI=1S/C16H26N4O/c1-13-6-4-8-16(10-13,20(2)3)12-18-15(21)19-14-7-5-9-17-11-14/h5,7,9,11,13H,4,6,8,10,12H2,1-3H3,(H2,18,19,21)/t13-,16-/m0/s1. The maximum atomic E-state index is 12.0. The summed E-state index contributed by atoms with van der Waals surface area (Å²) >= 11 is 0. The maximum Gasteiger partial charge on any atom is 0.319 e. The highest BCUT2D eigenvalue weighted by Crippen LogP contribution is 2.35. The Morgan fingerprint density at radius 3 is 2.95 bits per heavy atom. The minimum atomic E-state index is -0.164. The normalized spacial score (nSPS) is 25.6. The smallest absolute Gasteiger partial charge is 0.319 e. The van der Waals surface area contributed by atoms with Crippen LogP contribution in [0.5, 0.6) is 0 Å². The summed E-state index contributed by atoms with van der Waals surface area (Å²) in [5.41, 5.74) is 0.787. The molecule has 2 amide bonds. The predicted molar refractivity (Wildman–Crippen MR) is 85.3 cm³/mol. The zero-order valence-corrected chi connectivity index (χ0v) is 13.2. The van der Waals surface area contributed by atoms with Crippen LogP contribution in [0.3, 0.4) is 0 Å². The van der Waals surface area contributed by atoms with E-state index in [9.17, 15) is 4.79 Å². The molecule has 116 valence electrons. The number of likely N-dealkylation sites (N-methyl/N-ethyl adjacent to an activating group) is 1. The lowest BCUT2D eigenvalue weighted by atomic mass is 9.75. The number of rotatable bonds is 4. The monoisotopic (exact) mass is 290 g/mol. The summed E-state index contributed by atoms with van der Waals surface area (Å²) in [4.78, 5) is 18.3. The zero-order chi connectivity index (χ0) is 15.3. The summed E-state index contributed by atoms with van der Waals surface area (Å²) in [6.45, 7) is 2.98. The molecule has 0 radical (unpaired) electrons. The fourth-order valence-corrected chi connectivity index (χ4v) is 3.21. The molecule has 0 unspecified atom stereocenters. The van der Waals surface area contributed by atoms with Crippen LogP contribution < -0.4 is 10.6 Å². The number of urea groups is 1. The van der Waals surface area contributed by atoms with Crippen molar-refractivity contribution < 1.29 is 4.79 Å². The Bertz CT molecular complexity index is 463. The van der Waals surface area contributed by atoms with Crippen LogP contribution in [0, 0.1) is 5.92 Å². The summed E-state index contributed by atoms with van der Waals surface area (Å²) in [6.07, 6.45) is 8.12. The van der Waals surface area contributed by atoms with Crippen LogP contribution in [0.1, 0.15) is 32.6 Å². The van der Waals surface area contributed by atoms with Gasteiger partial charge in [0.25, 0.3) is 0 Å². The van der Waals surface area contributed by atoms with E-state index in [4.69, 9.17) is 0 Å². The minimum absolute atomic E-state index is 0.0734. The van der Waals surface area contributed by atoms with Gasteiger partial charge in [0.15, 0.2) is 0 Å². The third-order valence-corrected chi connectivity index (χ3v) is 4.51. The molecule has 2 atom stereocenters. The van der Waals surface area contributed by atoms with E-state index < -0.39 is 0 Å². The molecule has 21 heavy (non-hydrogen) atoms. The SMILES string of the molecule is C[C@H]1CCC[C@](CNC(=O)Nc2cccnc2)(N(C)C)C1. The van der Waals surface area contributed by atoms with Gasteiger partial charge < -0.3 is 15.5 Å². The summed E-state index contributed by atoms with van der Waals surface area (Å²) in [6, 6.07) is 3.47. The van der Waals surface area contributed by atoms with Crippen molar-refractivity contribution in [3.8, 4) is 0 Å². The Morgan fingerprint density at radius 1 is 1.52 bits per heavy atom.